The van der Waals surface area contributed by atoms with Gasteiger partial charge in [0.15, 0.2) is 0 Å². The molecule has 1 aromatic heterocycles. The molecule has 3 aromatic rings. The molecule has 1 N–H and O–H groups in total. The summed E-state index contributed by atoms with van der Waals surface area (Å²) in [6.07, 6.45) is 7.42. The number of benzene rings is 2. The van der Waals surface area contributed by atoms with E-state index in [1.54, 1.807) is 7.11 Å². The fraction of sp³-hybridized carbons (Fsp3) is 0.516. The van der Waals surface area contributed by atoms with Crippen molar-refractivity contribution >= 4 is 28.8 Å². The molecule has 38 heavy (non-hydrogen) atoms. The van der Waals surface area contributed by atoms with Gasteiger partial charge in [-0.3, -0.25) is 9.52 Å². The lowest BCUT2D eigenvalue weighted by Gasteiger charge is -2.25. The summed E-state index contributed by atoms with van der Waals surface area (Å²) in [5.74, 6) is 2.32. The monoisotopic (exact) mass is 534 g/mol. The van der Waals surface area contributed by atoms with Crippen molar-refractivity contribution in [2.75, 3.05) is 53.1 Å². The Morgan fingerprint density at radius 2 is 1.53 bits per heavy atom. The third-order valence-corrected chi connectivity index (χ3v) is 9.09. The summed E-state index contributed by atoms with van der Waals surface area (Å²) in [6, 6.07) is 14.9. The molecule has 1 amide bonds. The minimum absolute atomic E-state index is 0.00701. The van der Waals surface area contributed by atoms with Gasteiger partial charge in [0.2, 0.25) is 0 Å². The molecular formula is C31H42N4O2S. The number of ether oxygens (including phenoxy) is 1. The number of methoxy groups -OCH3 is 1. The second kappa shape index (κ2) is 12.6. The van der Waals surface area contributed by atoms with Crippen molar-refractivity contribution in [2.45, 2.75) is 51.0 Å². The van der Waals surface area contributed by atoms with E-state index in [4.69, 9.17) is 4.74 Å². The Morgan fingerprint density at radius 3 is 2.26 bits per heavy atom. The van der Waals surface area contributed by atoms with Crippen molar-refractivity contribution in [1.82, 2.24) is 19.1 Å². The van der Waals surface area contributed by atoms with Crippen LogP contribution in [0.1, 0.15) is 60.4 Å². The second-order valence-electron chi connectivity index (χ2n) is 10.9. The number of nitrogens with one attached hydrogen (secondary N) is 1. The number of carbonyl (C=O) groups is 1. The van der Waals surface area contributed by atoms with Crippen LogP contribution in [0.4, 0.5) is 0 Å². The summed E-state index contributed by atoms with van der Waals surface area (Å²) >= 11 is 1.52. The number of fused-ring (bicyclic) bond motifs is 1. The molecule has 204 valence electrons. The quantitative estimate of drug-likeness (QED) is 0.417. The average Bonchev–Trinajstić information content (AvgIpc) is 3.28. The van der Waals surface area contributed by atoms with Gasteiger partial charge in [0, 0.05) is 48.4 Å². The zero-order chi connectivity index (χ0) is 26.5. The highest BCUT2D eigenvalue weighted by atomic mass is 32.2. The molecule has 2 aliphatic rings. The summed E-state index contributed by atoms with van der Waals surface area (Å²) in [5, 5.41) is 1.30. The van der Waals surface area contributed by atoms with Crippen molar-refractivity contribution in [3.63, 3.8) is 0 Å². The van der Waals surface area contributed by atoms with E-state index in [0.717, 1.165) is 56.2 Å². The van der Waals surface area contributed by atoms with Crippen LogP contribution in [0.5, 0.6) is 5.75 Å². The predicted octanol–water partition coefficient (Wildman–Crippen LogP) is 6.01. The van der Waals surface area contributed by atoms with Gasteiger partial charge < -0.3 is 19.1 Å². The minimum atomic E-state index is -0.00701. The van der Waals surface area contributed by atoms with Crippen LogP contribution in [0.25, 0.3) is 22.2 Å². The summed E-state index contributed by atoms with van der Waals surface area (Å²) in [6.45, 7) is 4.96. The number of hydrogen-bond donors (Lipinski definition) is 1. The fourth-order valence-corrected chi connectivity index (χ4v) is 6.66. The van der Waals surface area contributed by atoms with Gasteiger partial charge in [-0.05, 0) is 93.3 Å². The van der Waals surface area contributed by atoms with E-state index >= 15 is 0 Å². The standard InChI is InChI=1S/C31H42N4O2S/c1-33-16-7-21-38-32-31(36)25-12-15-27-28(22-25)35(20-19-34(2)18-17-33)30(24-10-13-26(37-3)14-11-24)29(27)23-8-5-4-6-9-23/h10-15,22-23H,4-9,16-21H2,1-3H3,(H,32,36). The van der Waals surface area contributed by atoms with E-state index in [1.807, 2.05) is 6.07 Å². The number of aromatic nitrogens is 1. The van der Waals surface area contributed by atoms with Gasteiger partial charge in [-0.15, -0.1) is 0 Å². The first-order valence-electron chi connectivity index (χ1n) is 14.1. The zero-order valence-electron chi connectivity index (χ0n) is 23.2. The van der Waals surface area contributed by atoms with Gasteiger partial charge in [0.1, 0.15) is 5.75 Å². The Kier molecular flexibility index (Phi) is 8.97. The van der Waals surface area contributed by atoms with Gasteiger partial charge in [0.25, 0.3) is 5.91 Å². The highest BCUT2D eigenvalue weighted by Crippen LogP contribution is 2.44. The summed E-state index contributed by atoms with van der Waals surface area (Å²) in [5.41, 5.74) is 5.91. The van der Waals surface area contributed by atoms with Gasteiger partial charge in [-0.25, -0.2) is 0 Å². The number of rotatable bonds is 3. The van der Waals surface area contributed by atoms with Crippen LogP contribution in [0.2, 0.25) is 0 Å². The molecule has 0 spiro atoms. The fourth-order valence-electron chi connectivity index (χ4n) is 6.03. The van der Waals surface area contributed by atoms with Crippen molar-refractivity contribution in [3.05, 3.63) is 53.6 Å². The average molecular weight is 535 g/mol. The lowest BCUT2D eigenvalue weighted by Crippen LogP contribution is -2.33. The summed E-state index contributed by atoms with van der Waals surface area (Å²) < 4.78 is 11.1. The maximum Gasteiger partial charge on any atom is 0.261 e. The van der Waals surface area contributed by atoms with E-state index < -0.39 is 0 Å². The molecule has 1 aliphatic heterocycles. The third kappa shape index (κ3) is 6.05. The summed E-state index contributed by atoms with van der Waals surface area (Å²) in [7, 11) is 6.14. The van der Waals surface area contributed by atoms with Crippen LogP contribution in [-0.4, -0.2) is 73.4 Å². The van der Waals surface area contributed by atoms with Gasteiger partial charge in [0.05, 0.1) is 12.8 Å². The maximum absolute atomic E-state index is 13.1. The number of hydrogen-bond acceptors (Lipinski definition) is 5. The molecule has 0 unspecified atom stereocenters. The number of amides is 1. The molecule has 0 radical (unpaired) electrons. The van der Waals surface area contributed by atoms with Gasteiger partial charge in [-0.1, -0.05) is 37.3 Å². The molecule has 7 heteroatoms. The molecule has 6 nitrogen and oxygen atoms in total. The molecule has 2 aromatic carbocycles. The molecular weight excluding hydrogens is 492 g/mol. The molecule has 1 aliphatic carbocycles. The minimum Gasteiger partial charge on any atom is -0.497 e. The number of nitrogens with zero attached hydrogens (tertiary/aromatic N) is 3. The molecule has 1 saturated carbocycles. The van der Waals surface area contributed by atoms with E-state index in [0.29, 0.717) is 5.92 Å². The molecule has 5 rings (SSSR count). The van der Waals surface area contributed by atoms with E-state index in [9.17, 15) is 4.79 Å². The van der Waals surface area contributed by atoms with Gasteiger partial charge >= 0.3 is 0 Å². The Balaban J connectivity index is 1.65. The first kappa shape index (κ1) is 27.1. The highest BCUT2D eigenvalue weighted by Gasteiger charge is 2.27. The Hall–Kier alpha value is -2.48. The van der Waals surface area contributed by atoms with Gasteiger partial charge in [-0.2, -0.15) is 0 Å². The van der Waals surface area contributed by atoms with E-state index in [2.05, 4.69) is 69.6 Å². The number of likely N-dealkylation sites (N-methyl/N-ethyl adjacent to an activating group) is 2. The van der Waals surface area contributed by atoms with Crippen molar-refractivity contribution < 1.29 is 9.53 Å². The van der Waals surface area contributed by atoms with Crippen LogP contribution in [0.3, 0.4) is 0 Å². The Morgan fingerprint density at radius 1 is 0.842 bits per heavy atom. The molecule has 2 heterocycles. The second-order valence-corrected chi connectivity index (χ2v) is 11.9. The Bertz CT molecular complexity index is 1230. The van der Waals surface area contributed by atoms with E-state index in [1.165, 1.54) is 71.8 Å². The lowest BCUT2D eigenvalue weighted by atomic mass is 9.81. The molecule has 1 fully saturated rings. The highest BCUT2D eigenvalue weighted by molar-refractivity contribution is 7.97. The van der Waals surface area contributed by atoms with Crippen LogP contribution in [0.15, 0.2) is 42.5 Å². The van der Waals surface area contributed by atoms with Crippen molar-refractivity contribution in [2.24, 2.45) is 0 Å². The van der Waals surface area contributed by atoms with Crippen LogP contribution in [0, 0.1) is 0 Å². The van der Waals surface area contributed by atoms with Crippen LogP contribution >= 0.6 is 11.9 Å². The lowest BCUT2D eigenvalue weighted by molar-refractivity contribution is 0.0984. The SMILES string of the molecule is COc1ccc(-c2c(C3CCCCC3)c3ccc4cc3n2CCN(C)CCN(C)CCCSNC4=O)cc1. The predicted molar refractivity (Wildman–Crippen MR) is 159 cm³/mol. The van der Waals surface area contributed by atoms with Crippen molar-refractivity contribution in [1.29, 1.82) is 0 Å². The van der Waals surface area contributed by atoms with Crippen LogP contribution in [-0.2, 0) is 6.54 Å². The normalized spacial score (nSPS) is 19.6. The smallest absolute Gasteiger partial charge is 0.261 e. The maximum atomic E-state index is 13.1. The van der Waals surface area contributed by atoms with E-state index in [-0.39, 0.29) is 5.91 Å². The first-order valence-corrected chi connectivity index (χ1v) is 15.1. The zero-order valence-corrected chi connectivity index (χ0v) is 24.0. The topological polar surface area (TPSA) is 49.7 Å². The molecule has 0 atom stereocenters. The number of carbonyl (C=O) groups excluding carboxylic acids is 1. The molecule has 2 bridgehead atoms. The third-order valence-electron chi connectivity index (χ3n) is 8.26. The van der Waals surface area contributed by atoms with Crippen molar-refractivity contribution in [3.8, 4) is 17.0 Å². The molecule has 0 saturated heterocycles. The first-order chi connectivity index (χ1) is 18.5. The van der Waals surface area contributed by atoms with Crippen LogP contribution < -0.4 is 9.46 Å². The Labute approximate surface area is 231 Å². The largest absolute Gasteiger partial charge is 0.497 e. The summed E-state index contributed by atoms with van der Waals surface area (Å²) in [4.78, 5) is 18.0.